The summed E-state index contributed by atoms with van der Waals surface area (Å²) in [5.41, 5.74) is -4.26. The number of carbonyl (C=O) groups is 2. The molecule has 1 aliphatic carbocycles. The van der Waals surface area contributed by atoms with E-state index in [0.29, 0.717) is 18.9 Å². The quantitative estimate of drug-likeness (QED) is 0.0936. The fourth-order valence-corrected chi connectivity index (χ4v) is 2.33. The molecule has 1 aliphatic rings. The number of nitro groups is 1. The van der Waals surface area contributed by atoms with Gasteiger partial charge < -0.3 is 4.74 Å². The lowest BCUT2D eigenvalue weighted by Crippen LogP contribution is -2.33. The molecule has 11 heteroatoms. The molecule has 1 aromatic rings. The predicted octanol–water partition coefficient (Wildman–Crippen LogP) is 4.33. The zero-order valence-electron chi connectivity index (χ0n) is 14.4. The van der Waals surface area contributed by atoms with E-state index in [0.717, 1.165) is 6.26 Å². The topological polar surface area (TPSA) is 86.5 Å². The molecule has 0 aromatic heterocycles. The average molecular weight is 407 g/mol. The Balaban J connectivity index is 2.53. The summed E-state index contributed by atoms with van der Waals surface area (Å²) in [4.78, 5) is 34.8. The standard InChI is InChI=1S/C17H14F5NO5/c1-2-28-8-12(14(24)9-3-4-9)15(25)11-6-5-10(7-13(11)23(26)27)16(18,19)17(20,21)22/h5-9H,2-4H2,1H3/b12-8-. The smallest absolute Gasteiger partial charge is 0.458 e. The Morgan fingerprint density at radius 2 is 1.86 bits per heavy atom. The van der Waals surface area contributed by atoms with E-state index in [2.05, 4.69) is 0 Å². The van der Waals surface area contributed by atoms with Gasteiger partial charge in [0.1, 0.15) is 11.1 Å². The highest BCUT2D eigenvalue weighted by molar-refractivity contribution is 6.28. The van der Waals surface area contributed by atoms with Crippen LogP contribution in [0.2, 0.25) is 0 Å². The van der Waals surface area contributed by atoms with Crippen molar-refractivity contribution < 1.29 is 41.2 Å². The highest BCUT2D eigenvalue weighted by Crippen LogP contribution is 2.45. The molecule has 152 valence electrons. The Morgan fingerprint density at radius 1 is 1.25 bits per heavy atom. The molecule has 2 rings (SSSR count). The van der Waals surface area contributed by atoms with Crippen molar-refractivity contribution in [2.75, 3.05) is 6.61 Å². The molecule has 0 amide bonds. The molecule has 0 saturated heterocycles. The molecule has 1 saturated carbocycles. The molecule has 0 N–H and O–H groups in total. The van der Waals surface area contributed by atoms with Crippen molar-refractivity contribution in [3.8, 4) is 0 Å². The number of nitro benzene ring substituents is 1. The third-order valence-electron chi connectivity index (χ3n) is 3.98. The second-order valence-electron chi connectivity index (χ2n) is 6.02. The Hall–Kier alpha value is -2.85. The summed E-state index contributed by atoms with van der Waals surface area (Å²) in [5.74, 6) is -7.62. The van der Waals surface area contributed by atoms with Gasteiger partial charge in [-0.25, -0.2) is 0 Å². The highest BCUT2D eigenvalue weighted by Gasteiger charge is 2.59. The fraction of sp³-hybridized carbons (Fsp3) is 0.412. The van der Waals surface area contributed by atoms with E-state index in [9.17, 15) is 41.7 Å². The van der Waals surface area contributed by atoms with Crippen molar-refractivity contribution in [3.05, 3.63) is 51.3 Å². The number of Topliss-reactive ketones (excluding diaryl/α,β-unsaturated/α-hetero) is 2. The minimum absolute atomic E-state index is 0.0133. The number of allylic oxidation sites excluding steroid dienone is 1. The fourth-order valence-electron chi connectivity index (χ4n) is 2.33. The van der Waals surface area contributed by atoms with Crippen LogP contribution in [0.3, 0.4) is 0 Å². The maximum absolute atomic E-state index is 13.5. The molecule has 0 radical (unpaired) electrons. The summed E-state index contributed by atoms with van der Waals surface area (Å²) in [6.45, 7) is 1.63. The Morgan fingerprint density at radius 3 is 2.32 bits per heavy atom. The van der Waals surface area contributed by atoms with E-state index in [1.807, 2.05) is 0 Å². The van der Waals surface area contributed by atoms with Crippen molar-refractivity contribution in [1.82, 2.24) is 0 Å². The van der Waals surface area contributed by atoms with Crippen molar-refractivity contribution in [2.45, 2.75) is 31.9 Å². The van der Waals surface area contributed by atoms with Crippen molar-refractivity contribution in [3.63, 3.8) is 0 Å². The van der Waals surface area contributed by atoms with Gasteiger partial charge in [0, 0.05) is 17.5 Å². The van der Waals surface area contributed by atoms with E-state index in [1.54, 1.807) is 6.92 Å². The monoisotopic (exact) mass is 407 g/mol. The number of carbonyl (C=O) groups excluding carboxylic acids is 2. The van der Waals surface area contributed by atoms with Crippen LogP contribution in [0.25, 0.3) is 0 Å². The normalized spacial score (nSPS) is 15.3. The van der Waals surface area contributed by atoms with Crippen LogP contribution in [0.4, 0.5) is 27.6 Å². The largest absolute Gasteiger partial charge is 0.501 e. The van der Waals surface area contributed by atoms with Crippen molar-refractivity contribution in [2.24, 2.45) is 5.92 Å². The number of hydrogen-bond donors (Lipinski definition) is 0. The lowest BCUT2D eigenvalue weighted by molar-refractivity contribution is -0.385. The Labute approximate surface area is 155 Å². The summed E-state index contributed by atoms with van der Waals surface area (Å²) in [6, 6.07) is 0.740. The van der Waals surface area contributed by atoms with Gasteiger partial charge in [-0.1, -0.05) is 6.07 Å². The second kappa shape index (κ2) is 7.64. The molecular formula is C17H14F5NO5. The van der Waals surface area contributed by atoms with E-state index >= 15 is 0 Å². The maximum atomic E-state index is 13.5. The summed E-state index contributed by atoms with van der Waals surface area (Å²) in [6.07, 6.45) is -4.14. The Bertz CT molecular complexity index is 843. The first-order chi connectivity index (χ1) is 12.9. The number of nitrogens with zero attached hydrogens (tertiary/aromatic N) is 1. The van der Waals surface area contributed by atoms with Gasteiger partial charge in [-0.15, -0.1) is 0 Å². The number of ether oxygens (including phenoxy) is 1. The van der Waals surface area contributed by atoms with Gasteiger partial charge in [-0.05, 0) is 25.8 Å². The number of hydrogen-bond acceptors (Lipinski definition) is 5. The van der Waals surface area contributed by atoms with Gasteiger partial charge in [0.2, 0.25) is 5.78 Å². The molecule has 6 nitrogen and oxygen atoms in total. The molecule has 0 heterocycles. The molecule has 0 atom stereocenters. The third kappa shape index (κ3) is 4.18. The molecule has 1 fully saturated rings. The van der Waals surface area contributed by atoms with E-state index in [1.165, 1.54) is 0 Å². The zero-order valence-corrected chi connectivity index (χ0v) is 14.4. The van der Waals surface area contributed by atoms with Crippen molar-refractivity contribution >= 4 is 17.3 Å². The first kappa shape index (κ1) is 21.5. The van der Waals surface area contributed by atoms with Crippen LogP contribution in [-0.4, -0.2) is 29.3 Å². The van der Waals surface area contributed by atoms with Gasteiger partial charge in [-0.3, -0.25) is 19.7 Å². The van der Waals surface area contributed by atoms with Crippen LogP contribution in [0.1, 0.15) is 35.7 Å². The lowest BCUT2D eigenvalue weighted by Gasteiger charge is -2.20. The van der Waals surface area contributed by atoms with Gasteiger partial charge in [-0.2, -0.15) is 22.0 Å². The molecular weight excluding hydrogens is 393 g/mol. The second-order valence-corrected chi connectivity index (χ2v) is 6.02. The van der Waals surface area contributed by atoms with Crippen LogP contribution in [0, 0.1) is 16.0 Å². The first-order valence-electron chi connectivity index (χ1n) is 8.06. The molecule has 28 heavy (non-hydrogen) atoms. The molecule has 1 aromatic carbocycles. The zero-order chi connectivity index (χ0) is 21.3. The lowest BCUT2D eigenvalue weighted by atomic mass is 9.95. The third-order valence-corrected chi connectivity index (χ3v) is 3.98. The van der Waals surface area contributed by atoms with Crippen LogP contribution in [-0.2, 0) is 15.5 Å². The van der Waals surface area contributed by atoms with Gasteiger partial charge in [0.25, 0.3) is 5.69 Å². The van der Waals surface area contributed by atoms with Crippen molar-refractivity contribution in [1.29, 1.82) is 0 Å². The van der Waals surface area contributed by atoms with E-state index < -0.39 is 56.9 Å². The Kier molecular flexibility index (Phi) is 5.86. The summed E-state index contributed by atoms with van der Waals surface area (Å²) < 4.78 is 69.5. The SMILES string of the molecule is CCO/C=C(\C(=O)c1ccc(C(F)(F)C(F)(F)F)cc1[N+](=O)[O-])C(=O)C1CC1. The van der Waals surface area contributed by atoms with Crippen LogP contribution in [0.5, 0.6) is 0 Å². The summed E-state index contributed by atoms with van der Waals surface area (Å²) >= 11 is 0. The van der Waals surface area contributed by atoms with Gasteiger partial charge >= 0.3 is 12.1 Å². The van der Waals surface area contributed by atoms with Crippen LogP contribution >= 0.6 is 0 Å². The first-order valence-corrected chi connectivity index (χ1v) is 8.06. The minimum Gasteiger partial charge on any atom is -0.501 e. The number of rotatable bonds is 8. The van der Waals surface area contributed by atoms with Crippen LogP contribution < -0.4 is 0 Å². The highest BCUT2D eigenvalue weighted by atomic mass is 19.4. The number of benzene rings is 1. The maximum Gasteiger partial charge on any atom is 0.458 e. The summed E-state index contributed by atoms with van der Waals surface area (Å²) in [5, 5.41) is 11.2. The number of alkyl halides is 5. The van der Waals surface area contributed by atoms with Gasteiger partial charge in [0.05, 0.1) is 17.8 Å². The van der Waals surface area contributed by atoms with Gasteiger partial charge in [0.15, 0.2) is 5.78 Å². The predicted molar refractivity (Wildman–Crippen MR) is 84.8 cm³/mol. The van der Waals surface area contributed by atoms with E-state index in [-0.39, 0.29) is 18.7 Å². The molecule has 0 unspecified atom stereocenters. The summed E-state index contributed by atoms with van der Waals surface area (Å²) in [7, 11) is 0. The average Bonchev–Trinajstić information content (AvgIpc) is 3.45. The molecule has 0 bridgehead atoms. The minimum atomic E-state index is -5.98. The number of halogens is 5. The van der Waals surface area contributed by atoms with Crippen LogP contribution in [0.15, 0.2) is 30.0 Å². The molecule has 0 spiro atoms. The molecule has 0 aliphatic heterocycles. The van der Waals surface area contributed by atoms with E-state index in [4.69, 9.17) is 4.74 Å². The number of ketones is 2.